The maximum Gasteiger partial charge on any atom is 0.251 e. The minimum absolute atomic E-state index is 0.119. The van der Waals surface area contributed by atoms with Crippen molar-refractivity contribution >= 4 is 17.3 Å². The van der Waals surface area contributed by atoms with Crippen molar-refractivity contribution in [1.82, 2.24) is 5.32 Å². The first kappa shape index (κ1) is 12.0. The monoisotopic (exact) mass is 241 g/mol. The molecule has 92 valence electrons. The number of hydrogen-bond acceptors (Lipinski definition) is 3. The minimum Gasteiger partial charge on any atom is -0.399 e. The fraction of sp³-hybridized carbons (Fsp3) is 0.0714. The summed E-state index contributed by atoms with van der Waals surface area (Å²) in [6, 6.07) is 14.2. The zero-order valence-electron chi connectivity index (χ0n) is 9.89. The third-order valence-electron chi connectivity index (χ3n) is 2.61. The molecule has 2 rings (SSSR count). The number of nitrogens with two attached hydrogens (primary N) is 2. The van der Waals surface area contributed by atoms with E-state index < -0.39 is 0 Å². The van der Waals surface area contributed by atoms with Gasteiger partial charge in [-0.15, -0.1) is 0 Å². The van der Waals surface area contributed by atoms with E-state index in [2.05, 4.69) is 5.32 Å². The minimum atomic E-state index is -0.119. The van der Waals surface area contributed by atoms with Crippen molar-refractivity contribution in [2.75, 3.05) is 11.5 Å². The van der Waals surface area contributed by atoms with Crippen LogP contribution in [0.2, 0.25) is 0 Å². The molecular weight excluding hydrogens is 226 g/mol. The van der Waals surface area contributed by atoms with E-state index in [1.807, 2.05) is 24.3 Å². The van der Waals surface area contributed by atoms with Gasteiger partial charge in [-0.1, -0.05) is 12.1 Å². The van der Waals surface area contributed by atoms with Crippen molar-refractivity contribution in [3.05, 3.63) is 59.7 Å². The van der Waals surface area contributed by atoms with Crippen LogP contribution in [0.15, 0.2) is 48.5 Å². The Hall–Kier alpha value is -2.49. The van der Waals surface area contributed by atoms with E-state index in [0.717, 1.165) is 5.56 Å². The maximum absolute atomic E-state index is 11.8. The first-order valence-corrected chi connectivity index (χ1v) is 5.63. The molecule has 2 aromatic rings. The molecule has 0 aliphatic heterocycles. The van der Waals surface area contributed by atoms with Crippen LogP contribution in [-0.4, -0.2) is 5.91 Å². The highest BCUT2D eigenvalue weighted by molar-refractivity contribution is 5.94. The predicted molar refractivity (Wildman–Crippen MR) is 72.9 cm³/mol. The first-order valence-electron chi connectivity index (χ1n) is 5.63. The van der Waals surface area contributed by atoms with Gasteiger partial charge < -0.3 is 16.8 Å². The summed E-state index contributed by atoms with van der Waals surface area (Å²) in [4.78, 5) is 11.8. The van der Waals surface area contributed by atoms with Gasteiger partial charge in [-0.05, 0) is 42.0 Å². The van der Waals surface area contributed by atoms with Crippen LogP contribution in [0.5, 0.6) is 0 Å². The van der Waals surface area contributed by atoms with Crippen molar-refractivity contribution in [3.8, 4) is 0 Å². The molecule has 0 aromatic heterocycles. The van der Waals surface area contributed by atoms with Gasteiger partial charge in [0.25, 0.3) is 5.91 Å². The number of nitrogen functional groups attached to an aromatic ring is 2. The van der Waals surface area contributed by atoms with Crippen LogP contribution in [0.4, 0.5) is 11.4 Å². The fourth-order valence-corrected chi connectivity index (χ4v) is 1.55. The molecule has 0 heterocycles. The van der Waals surface area contributed by atoms with Crippen LogP contribution in [-0.2, 0) is 6.54 Å². The molecule has 0 fully saturated rings. The number of hydrogen-bond donors (Lipinski definition) is 3. The van der Waals surface area contributed by atoms with Gasteiger partial charge in [0, 0.05) is 23.5 Å². The molecule has 4 nitrogen and oxygen atoms in total. The van der Waals surface area contributed by atoms with E-state index in [1.54, 1.807) is 24.3 Å². The van der Waals surface area contributed by atoms with Gasteiger partial charge >= 0.3 is 0 Å². The largest absolute Gasteiger partial charge is 0.399 e. The molecule has 0 spiro atoms. The van der Waals surface area contributed by atoms with E-state index >= 15 is 0 Å². The lowest BCUT2D eigenvalue weighted by Gasteiger charge is -2.06. The molecule has 0 unspecified atom stereocenters. The van der Waals surface area contributed by atoms with E-state index in [9.17, 15) is 4.79 Å². The van der Waals surface area contributed by atoms with Crippen LogP contribution in [0.3, 0.4) is 0 Å². The van der Waals surface area contributed by atoms with E-state index in [0.29, 0.717) is 23.5 Å². The van der Waals surface area contributed by atoms with Gasteiger partial charge in [-0.2, -0.15) is 0 Å². The summed E-state index contributed by atoms with van der Waals surface area (Å²) in [5.41, 5.74) is 14.1. The van der Waals surface area contributed by atoms with Gasteiger partial charge in [0.15, 0.2) is 0 Å². The summed E-state index contributed by atoms with van der Waals surface area (Å²) in [6.45, 7) is 0.476. The summed E-state index contributed by atoms with van der Waals surface area (Å²) in [5.74, 6) is -0.119. The molecule has 0 bridgehead atoms. The zero-order valence-corrected chi connectivity index (χ0v) is 9.89. The summed E-state index contributed by atoms with van der Waals surface area (Å²) < 4.78 is 0. The van der Waals surface area contributed by atoms with Crippen LogP contribution in [0.1, 0.15) is 15.9 Å². The number of carbonyl (C=O) groups is 1. The van der Waals surface area contributed by atoms with Crippen LogP contribution < -0.4 is 16.8 Å². The molecule has 0 saturated heterocycles. The number of carbonyl (C=O) groups excluding carboxylic acids is 1. The Bertz CT molecular complexity index is 532. The standard InChI is InChI=1S/C14H15N3O/c15-12-5-1-10(2-6-12)9-17-14(18)11-3-7-13(16)8-4-11/h1-8H,9,15-16H2,(H,17,18). The van der Waals surface area contributed by atoms with Gasteiger partial charge in [-0.3, -0.25) is 4.79 Å². The summed E-state index contributed by atoms with van der Waals surface area (Å²) >= 11 is 0. The van der Waals surface area contributed by atoms with Gasteiger partial charge in [0.2, 0.25) is 0 Å². The highest BCUT2D eigenvalue weighted by Crippen LogP contribution is 2.07. The Balaban J connectivity index is 1.96. The number of nitrogens with one attached hydrogen (secondary N) is 1. The Morgan fingerprint density at radius 1 is 0.889 bits per heavy atom. The SMILES string of the molecule is Nc1ccc(CNC(=O)c2ccc(N)cc2)cc1. The van der Waals surface area contributed by atoms with Gasteiger partial charge in [0.1, 0.15) is 0 Å². The van der Waals surface area contributed by atoms with Crippen LogP contribution in [0, 0.1) is 0 Å². The second-order valence-electron chi connectivity index (χ2n) is 4.05. The fourth-order valence-electron chi connectivity index (χ4n) is 1.55. The number of rotatable bonds is 3. The van der Waals surface area contributed by atoms with E-state index in [1.165, 1.54) is 0 Å². The molecular formula is C14H15N3O. The molecule has 0 atom stereocenters. The average Bonchev–Trinajstić information content (AvgIpc) is 2.38. The molecule has 0 aliphatic rings. The third kappa shape index (κ3) is 3.01. The van der Waals surface area contributed by atoms with Crippen molar-refractivity contribution < 1.29 is 4.79 Å². The van der Waals surface area contributed by atoms with E-state index in [-0.39, 0.29) is 5.91 Å². The Morgan fingerprint density at radius 3 is 1.94 bits per heavy atom. The maximum atomic E-state index is 11.8. The summed E-state index contributed by atoms with van der Waals surface area (Å²) in [5, 5.41) is 2.83. The lowest BCUT2D eigenvalue weighted by molar-refractivity contribution is 0.0951. The lowest BCUT2D eigenvalue weighted by atomic mass is 10.1. The second-order valence-corrected chi connectivity index (χ2v) is 4.05. The summed E-state index contributed by atoms with van der Waals surface area (Å²) in [6.07, 6.45) is 0. The molecule has 5 N–H and O–H groups in total. The highest BCUT2D eigenvalue weighted by Gasteiger charge is 2.04. The molecule has 0 saturated carbocycles. The zero-order chi connectivity index (χ0) is 13.0. The quantitative estimate of drug-likeness (QED) is 0.716. The van der Waals surface area contributed by atoms with Crippen LogP contribution >= 0.6 is 0 Å². The van der Waals surface area contributed by atoms with Crippen molar-refractivity contribution in [2.45, 2.75) is 6.54 Å². The average molecular weight is 241 g/mol. The van der Waals surface area contributed by atoms with Gasteiger partial charge in [-0.25, -0.2) is 0 Å². The number of amides is 1. The van der Waals surface area contributed by atoms with Crippen LogP contribution in [0.25, 0.3) is 0 Å². The van der Waals surface area contributed by atoms with Crippen molar-refractivity contribution in [2.24, 2.45) is 0 Å². The smallest absolute Gasteiger partial charge is 0.251 e. The third-order valence-corrected chi connectivity index (χ3v) is 2.61. The Morgan fingerprint density at radius 2 is 1.39 bits per heavy atom. The molecule has 0 radical (unpaired) electrons. The molecule has 2 aromatic carbocycles. The molecule has 1 amide bonds. The molecule has 4 heteroatoms. The first-order chi connectivity index (χ1) is 8.65. The highest BCUT2D eigenvalue weighted by atomic mass is 16.1. The number of benzene rings is 2. The Kier molecular flexibility index (Phi) is 3.48. The topological polar surface area (TPSA) is 81.1 Å². The summed E-state index contributed by atoms with van der Waals surface area (Å²) in [7, 11) is 0. The second kappa shape index (κ2) is 5.23. The molecule has 0 aliphatic carbocycles. The van der Waals surface area contributed by atoms with Gasteiger partial charge in [0.05, 0.1) is 0 Å². The normalized spacial score (nSPS) is 10.0. The number of anilines is 2. The van der Waals surface area contributed by atoms with Crippen molar-refractivity contribution in [1.29, 1.82) is 0 Å². The van der Waals surface area contributed by atoms with E-state index in [4.69, 9.17) is 11.5 Å². The predicted octanol–water partition coefficient (Wildman–Crippen LogP) is 1.78. The Labute approximate surface area is 106 Å². The molecule has 18 heavy (non-hydrogen) atoms. The van der Waals surface area contributed by atoms with Crippen molar-refractivity contribution in [3.63, 3.8) is 0 Å². The lowest BCUT2D eigenvalue weighted by Crippen LogP contribution is -2.22.